The van der Waals surface area contributed by atoms with Crippen LogP contribution in [0.15, 0.2) is 48.5 Å². The van der Waals surface area contributed by atoms with Gasteiger partial charge in [-0.3, -0.25) is 9.69 Å². The first-order valence-corrected chi connectivity index (χ1v) is 10.1. The van der Waals surface area contributed by atoms with Gasteiger partial charge in [-0.05, 0) is 29.8 Å². The van der Waals surface area contributed by atoms with E-state index in [-0.39, 0.29) is 5.91 Å². The molecule has 3 rings (SSSR count). The fourth-order valence-corrected chi connectivity index (χ4v) is 3.54. The van der Waals surface area contributed by atoms with Gasteiger partial charge in [0.15, 0.2) is 0 Å². The highest BCUT2D eigenvalue weighted by molar-refractivity contribution is 5.78. The van der Waals surface area contributed by atoms with Gasteiger partial charge in [0, 0.05) is 71.3 Å². The normalized spacial score (nSPS) is 14.6. The van der Waals surface area contributed by atoms with Crippen molar-refractivity contribution in [3.8, 4) is 5.75 Å². The molecule has 156 valence electrons. The molecule has 0 N–H and O–H groups in total. The molecule has 0 saturated carbocycles. The number of rotatable bonds is 7. The summed E-state index contributed by atoms with van der Waals surface area (Å²) in [4.78, 5) is 21.2. The lowest BCUT2D eigenvalue weighted by molar-refractivity contribution is -0.131. The number of anilines is 2. The zero-order valence-electron chi connectivity index (χ0n) is 18.0. The molecule has 1 fully saturated rings. The summed E-state index contributed by atoms with van der Waals surface area (Å²) in [5.74, 6) is 1.04. The zero-order chi connectivity index (χ0) is 20.8. The van der Waals surface area contributed by atoms with E-state index in [9.17, 15) is 4.79 Å². The summed E-state index contributed by atoms with van der Waals surface area (Å²) in [5.41, 5.74) is 3.49. The average Bonchev–Trinajstić information content (AvgIpc) is 2.74. The SMILES string of the molecule is COc1cccc(N2CCN(CC(=O)N(C)Cc3ccc(N(C)C)cc3)CC2)c1. The van der Waals surface area contributed by atoms with E-state index in [0.29, 0.717) is 13.1 Å². The average molecular weight is 397 g/mol. The molecule has 0 unspecified atom stereocenters. The zero-order valence-corrected chi connectivity index (χ0v) is 18.0. The fourth-order valence-electron chi connectivity index (χ4n) is 3.54. The topological polar surface area (TPSA) is 39.3 Å². The van der Waals surface area contributed by atoms with E-state index < -0.39 is 0 Å². The number of benzene rings is 2. The third-order valence-electron chi connectivity index (χ3n) is 5.45. The van der Waals surface area contributed by atoms with Crippen LogP contribution in [0.5, 0.6) is 5.75 Å². The molecule has 29 heavy (non-hydrogen) atoms. The van der Waals surface area contributed by atoms with E-state index >= 15 is 0 Å². The summed E-state index contributed by atoms with van der Waals surface area (Å²) in [6.07, 6.45) is 0. The number of methoxy groups -OCH3 is 1. The third-order valence-corrected chi connectivity index (χ3v) is 5.45. The predicted molar refractivity (Wildman–Crippen MR) is 119 cm³/mol. The van der Waals surface area contributed by atoms with Gasteiger partial charge in [-0.1, -0.05) is 18.2 Å². The van der Waals surface area contributed by atoms with Crippen LogP contribution in [0.1, 0.15) is 5.56 Å². The van der Waals surface area contributed by atoms with Crippen LogP contribution in [0.3, 0.4) is 0 Å². The maximum absolute atomic E-state index is 12.7. The number of carbonyl (C=O) groups excluding carboxylic acids is 1. The number of nitrogens with zero attached hydrogens (tertiary/aromatic N) is 4. The van der Waals surface area contributed by atoms with Gasteiger partial charge in [-0.2, -0.15) is 0 Å². The summed E-state index contributed by atoms with van der Waals surface area (Å²) in [6, 6.07) is 16.5. The highest BCUT2D eigenvalue weighted by atomic mass is 16.5. The summed E-state index contributed by atoms with van der Waals surface area (Å²) in [6.45, 7) is 4.70. The Kier molecular flexibility index (Phi) is 6.99. The lowest BCUT2D eigenvalue weighted by Crippen LogP contribution is -2.49. The molecule has 0 bridgehead atoms. The molecule has 2 aromatic rings. The van der Waals surface area contributed by atoms with Crippen molar-refractivity contribution in [2.75, 3.05) is 70.8 Å². The number of ether oxygens (including phenoxy) is 1. The van der Waals surface area contributed by atoms with Crippen LogP contribution in [-0.2, 0) is 11.3 Å². The number of likely N-dealkylation sites (N-methyl/N-ethyl adjacent to an activating group) is 1. The molecule has 0 atom stereocenters. The van der Waals surface area contributed by atoms with Crippen molar-refractivity contribution in [3.05, 3.63) is 54.1 Å². The molecule has 6 nitrogen and oxygen atoms in total. The summed E-state index contributed by atoms with van der Waals surface area (Å²) in [5, 5.41) is 0. The molecule has 0 aromatic heterocycles. The third kappa shape index (κ3) is 5.64. The molecule has 1 aliphatic rings. The standard InChI is InChI=1S/C23H32N4O2/c1-24(2)20-10-8-19(9-11-20)17-25(3)23(28)18-26-12-14-27(15-13-26)21-6-5-7-22(16-21)29-4/h5-11,16H,12-15,17-18H2,1-4H3. The van der Waals surface area contributed by atoms with Gasteiger partial charge in [0.2, 0.25) is 5.91 Å². The lowest BCUT2D eigenvalue weighted by atomic mass is 10.2. The smallest absolute Gasteiger partial charge is 0.236 e. The van der Waals surface area contributed by atoms with Gasteiger partial charge >= 0.3 is 0 Å². The maximum atomic E-state index is 12.7. The number of hydrogen-bond acceptors (Lipinski definition) is 5. The highest BCUT2D eigenvalue weighted by Gasteiger charge is 2.21. The number of amides is 1. The Morgan fingerprint density at radius 1 is 1.00 bits per heavy atom. The van der Waals surface area contributed by atoms with Crippen molar-refractivity contribution >= 4 is 17.3 Å². The Balaban J connectivity index is 1.47. The molecule has 0 radical (unpaired) electrons. The van der Waals surface area contributed by atoms with E-state index in [2.05, 4.69) is 51.1 Å². The Bertz CT molecular complexity index is 799. The molecule has 1 amide bonds. The van der Waals surface area contributed by atoms with Gasteiger partial charge < -0.3 is 19.4 Å². The van der Waals surface area contributed by atoms with Gasteiger partial charge in [0.1, 0.15) is 5.75 Å². The van der Waals surface area contributed by atoms with E-state index in [1.165, 1.54) is 5.69 Å². The van der Waals surface area contributed by atoms with Crippen molar-refractivity contribution in [1.29, 1.82) is 0 Å². The van der Waals surface area contributed by atoms with Crippen molar-refractivity contribution < 1.29 is 9.53 Å². The first kappa shape index (κ1) is 21.0. The van der Waals surface area contributed by atoms with Gasteiger partial charge in [0.25, 0.3) is 0 Å². The molecular formula is C23H32N4O2. The monoisotopic (exact) mass is 396 g/mol. The predicted octanol–water partition coefficient (Wildman–Crippen LogP) is 2.54. The Hall–Kier alpha value is -2.73. The lowest BCUT2D eigenvalue weighted by Gasteiger charge is -2.36. The van der Waals surface area contributed by atoms with Crippen LogP contribution in [0.2, 0.25) is 0 Å². The number of hydrogen-bond donors (Lipinski definition) is 0. The van der Waals surface area contributed by atoms with Crippen LogP contribution in [0, 0.1) is 0 Å². The van der Waals surface area contributed by atoms with Crippen LogP contribution in [0.4, 0.5) is 11.4 Å². The molecule has 2 aromatic carbocycles. The first-order valence-electron chi connectivity index (χ1n) is 10.1. The quantitative estimate of drug-likeness (QED) is 0.719. The summed E-state index contributed by atoms with van der Waals surface area (Å²) >= 11 is 0. The van der Waals surface area contributed by atoms with Gasteiger partial charge in [-0.25, -0.2) is 0 Å². The van der Waals surface area contributed by atoms with E-state index in [0.717, 1.165) is 43.2 Å². The number of carbonyl (C=O) groups is 1. The second-order valence-electron chi connectivity index (χ2n) is 7.78. The van der Waals surface area contributed by atoms with E-state index in [1.807, 2.05) is 38.2 Å². The second-order valence-corrected chi connectivity index (χ2v) is 7.78. The molecule has 1 aliphatic heterocycles. The molecule has 6 heteroatoms. The van der Waals surface area contributed by atoms with Crippen molar-refractivity contribution in [2.45, 2.75) is 6.54 Å². The Morgan fingerprint density at radius 3 is 2.31 bits per heavy atom. The van der Waals surface area contributed by atoms with Gasteiger partial charge in [0.05, 0.1) is 13.7 Å². The minimum Gasteiger partial charge on any atom is -0.497 e. The van der Waals surface area contributed by atoms with Crippen molar-refractivity contribution in [2.24, 2.45) is 0 Å². The molecule has 0 spiro atoms. The second kappa shape index (κ2) is 9.65. The number of piperazine rings is 1. The maximum Gasteiger partial charge on any atom is 0.236 e. The molecule has 0 aliphatic carbocycles. The molecular weight excluding hydrogens is 364 g/mol. The summed E-state index contributed by atoms with van der Waals surface area (Å²) < 4.78 is 5.32. The fraction of sp³-hybridized carbons (Fsp3) is 0.435. The van der Waals surface area contributed by atoms with Crippen LogP contribution < -0.4 is 14.5 Å². The minimum atomic E-state index is 0.163. The largest absolute Gasteiger partial charge is 0.497 e. The van der Waals surface area contributed by atoms with Gasteiger partial charge in [-0.15, -0.1) is 0 Å². The molecule has 1 heterocycles. The van der Waals surface area contributed by atoms with E-state index in [1.54, 1.807) is 7.11 Å². The molecule has 1 saturated heterocycles. The van der Waals surface area contributed by atoms with Crippen molar-refractivity contribution in [1.82, 2.24) is 9.80 Å². The van der Waals surface area contributed by atoms with Crippen LogP contribution in [-0.4, -0.2) is 76.7 Å². The minimum absolute atomic E-state index is 0.163. The Labute approximate surface area is 174 Å². The van der Waals surface area contributed by atoms with E-state index in [4.69, 9.17) is 4.74 Å². The Morgan fingerprint density at radius 2 is 1.69 bits per heavy atom. The first-order chi connectivity index (χ1) is 14.0. The van der Waals surface area contributed by atoms with Crippen LogP contribution in [0.25, 0.3) is 0 Å². The van der Waals surface area contributed by atoms with Crippen LogP contribution >= 0.6 is 0 Å². The highest BCUT2D eigenvalue weighted by Crippen LogP contribution is 2.22. The summed E-state index contributed by atoms with van der Waals surface area (Å²) in [7, 11) is 7.63. The van der Waals surface area contributed by atoms with Crippen molar-refractivity contribution in [3.63, 3.8) is 0 Å².